The summed E-state index contributed by atoms with van der Waals surface area (Å²) in [6.07, 6.45) is 0.229. The number of phenols is 1. The van der Waals surface area contributed by atoms with E-state index in [0.29, 0.717) is 5.56 Å². The van der Waals surface area contributed by atoms with Crippen molar-refractivity contribution in [3.05, 3.63) is 29.3 Å². The second kappa shape index (κ2) is 4.44. The molecule has 1 rings (SSSR count). The third-order valence-electron chi connectivity index (χ3n) is 2.38. The van der Waals surface area contributed by atoms with Crippen LogP contribution in [0.4, 0.5) is 0 Å². The summed E-state index contributed by atoms with van der Waals surface area (Å²) >= 11 is 0. The van der Waals surface area contributed by atoms with E-state index in [1.165, 1.54) is 0 Å². The van der Waals surface area contributed by atoms with Gasteiger partial charge in [-0.05, 0) is 25.0 Å². The molecule has 0 amide bonds. The number of aromatic hydroxyl groups is 1. The van der Waals surface area contributed by atoms with Crippen LogP contribution in [-0.4, -0.2) is 16.3 Å². The number of nitrogens with two attached hydrogens (primary N) is 1. The molecule has 1 aromatic carbocycles. The molecule has 3 nitrogen and oxygen atoms in total. The molecule has 0 aliphatic carbocycles. The first-order valence-electron chi connectivity index (χ1n) is 4.81. The fraction of sp³-hybridized carbons (Fsp3) is 0.455. The summed E-state index contributed by atoms with van der Waals surface area (Å²) in [6.45, 7) is 3.65. The van der Waals surface area contributed by atoms with Crippen LogP contribution in [0.25, 0.3) is 0 Å². The molecule has 0 unspecified atom stereocenters. The van der Waals surface area contributed by atoms with E-state index in [2.05, 4.69) is 0 Å². The molecule has 0 radical (unpaired) electrons. The molecule has 0 heterocycles. The Labute approximate surface area is 84.2 Å². The molecule has 14 heavy (non-hydrogen) atoms. The average molecular weight is 195 g/mol. The Morgan fingerprint density at radius 2 is 2.07 bits per heavy atom. The number of aryl methyl sites for hydroxylation is 1. The number of hydrogen-bond donors (Lipinski definition) is 3. The molecular weight excluding hydrogens is 178 g/mol. The molecule has 0 aliphatic heterocycles. The van der Waals surface area contributed by atoms with Gasteiger partial charge in [0.1, 0.15) is 5.75 Å². The highest BCUT2D eigenvalue weighted by molar-refractivity contribution is 5.38. The minimum absolute atomic E-state index is 0.149. The lowest BCUT2D eigenvalue weighted by molar-refractivity contribution is 0.163. The molecule has 0 bridgehead atoms. The van der Waals surface area contributed by atoms with Gasteiger partial charge in [-0.1, -0.05) is 19.1 Å². The van der Waals surface area contributed by atoms with Gasteiger partial charge in [0, 0.05) is 5.56 Å². The van der Waals surface area contributed by atoms with Crippen molar-refractivity contribution in [3.63, 3.8) is 0 Å². The molecule has 0 fully saturated rings. The van der Waals surface area contributed by atoms with E-state index in [4.69, 9.17) is 5.73 Å². The van der Waals surface area contributed by atoms with Gasteiger partial charge in [0.15, 0.2) is 0 Å². The van der Waals surface area contributed by atoms with Gasteiger partial charge in [-0.3, -0.25) is 0 Å². The predicted molar refractivity (Wildman–Crippen MR) is 56.1 cm³/mol. The van der Waals surface area contributed by atoms with Gasteiger partial charge in [0.2, 0.25) is 0 Å². The molecule has 0 saturated heterocycles. The quantitative estimate of drug-likeness (QED) is 0.681. The summed E-state index contributed by atoms with van der Waals surface area (Å²) < 4.78 is 0. The van der Waals surface area contributed by atoms with E-state index in [-0.39, 0.29) is 5.75 Å². The van der Waals surface area contributed by atoms with Crippen LogP contribution in [0.15, 0.2) is 18.2 Å². The molecule has 0 spiro atoms. The van der Waals surface area contributed by atoms with Crippen LogP contribution in [-0.2, 0) is 6.42 Å². The van der Waals surface area contributed by atoms with Crippen LogP contribution >= 0.6 is 0 Å². The molecule has 1 aromatic rings. The number of aliphatic hydroxyl groups is 1. The first kappa shape index (κ1) is 11.0. The Kier molecular flexibility index (Phi) is 3.49. The highest BCUT2D eigenvalue weighted by atomic mass is 16.3. The number of aliphatic hydroxyl groups excluding tert-OH is 1. The molecule has 0 aliphatic rings. The second-order valence-electron chi connectivity index (χ2n) is 3.51. The van der Waals surface area contributed by atoms with E-state index in [0.717, 1.165) is 12.0 Å². The number of rotatable bonds is 3. The summed E-state index contributed by atoms with van der Waals surface area (Å²) in [5.74, 6) is 0.149. The minimum atomic E-state index is -0.659. The maximum atomic E-state index is 9.56. The molecule has 4 N–H and O–H groups in total. The summed E-state index contributed by atoms with van der Waals surface area (Å²) in [6, 6.07) is 4.79. The lowest BCUT2D eigenvalue weighted by Crippen LogP contribution is -2.23. The van der Waals surface area contributed by atoms with Crippen LogP contribution in [0.3, 0.4) is 0 Å². The van der Waals surface area contributed by atoms with Crippen LogP contribution < -0.4 is 5.73 Å². The predicted octanol–water partition coefficient (Wildman–Crippen LogP) is 1.34. The van der Waals surface area contributed by atoms with Crippen molar-refractivity contribution in [1.29, 1.82) is 0 Å². The molecular formula is C11H17NO2. The van der Waals surface area contributed by atoms with Crippen molar-refractivity contribution in [2.75, 3.05) is 0 Å². The van der Waals surface area contributed by atoms with Crippen LogP contribution in [0.1, 0.15) is 31.0 Å². The van der Waals surface area contributed by atoms with Crippen LogP contribution in [0.5, 0.6) is 5.75 Å². The maximum absolute atomic E-state index is 9.56. The smallest absolute Gasteiger partial charge is 0.120 e. The Morgan fingerprint density at radius 1 is 1.43 bits per heavy atom. The number of phenolic OH excluding ortho intramolecular Hbond substituents is 1. The molecule has 78 valence electrons. The summed E-state index contributed by atoms with van der Waals surface area (Å²) in [7, 11) is 0. The topological polar surface area (TPSA) is 66.5 Å². The Bertz CT molecular complexity index is 310. The zero-order valence-electron chi connectivity index (χ0n) is 8.57. The zero-order chi connectivity index (χ0) is 10.7. The number of benzene rings is 1. The lowest BCUT2D eigenvalue weighted by Gasteiger charge is -2.17. The van der Waals surface area contributed by atoms with Crippen molar-refractivity contribution in [2.24, 2.45) is 5.73 Å². The Hall–Kier alpha value is -1.06. The Balaban J connectivity index is 3.05. The standard InChI is InChI=1S/C11H17NO2/c1-3-8-4-5-10(14)9(6-8)11(12)7(2)13/h4-7,11,13-14H,3,12H2,1-2H3/t7-,11+/m1/s1. The Morgan fingerprint density at radius 3 is 2.57 bits per heavy atom. The van der Waals surface area contributed by atoms with E-state index >= 15 is 0 Å². The van der Waals surface area contributed by atoms with E-state index in [1.54, 1.807) is 13.0 Å². The molecule has 0 saturated carbocycles. The van der Waals surface area contributed by atoms with Gasteiger partial charge in [0.05, 0.1) is 12.1 Å². The van der Waals surface area contributed by atoms with Crippen LogP contribution in [0.2, 0.25) is 0 Å². The SMILES string of the molecule is CCc1ccc(O)c([C@@H](N)[C@@H](C)O)c1. The van der Waals surface area contributed by atoms with Crippen LogP contribution in [0, 0.1) is 0 Å². The fourth-order valence-corrected chi connectivity index (χ4v) is 1.35. The van der Waals surface area contributed by atoms with Gasteiger partial charge in [-0.15, -0.1) is 0 Å². The summed E-state index contributed by atoms with van der Waals surface area (Å²) in [5, 5.41) is 18.9. The van der Waals surface area contributed by atoms with Crippen molar-refractivity contribution in [2.45, 2.75) is 32.4 Å². The van der Waals surface area contributed by atoms with Crippen molar-refractivity contribution >= 4 is 0 Å². The summed E-state index contributed by atoms with van der Waals surface area (Å²) in [4.78, 5) is 0. The van der Waals surface area contributed by atoms with Crippen molar-refractivity contribution in [3.8, 4) is 5.75 Å². The van der Waals surface area contributed by atoms with E-state index in [9.17, 15) is 10.2 Å². The highest BCUT2D eigenvalue weighted by Gasteiger charge is 2.15. The minimum Gasteiger partial charge on any atom is -0.508 e. The molecule has 2 atom stereocenters. The zero-order valence-corrected chi connectivity index (χ0v) is 8.57. The van der Waals surface area contributed by atoms with Gasteiger partial charge >= 0.3 is 0 Å². The average Bonchev–Trinajstić information content (AvgIpc) is 2.17. The third kappa shape index (κ3) is 2.25. The van der Waals surface area contributed by atoms with Gasteiger partial charge < -0.3 is 15.9 Å². The van der Waals surface area contributed by atoms with Gasteiger partial charge in [-0.2, -0.15) is 0 Å². The largest absolute Gasteiger partial charge is 0.508 e. The first-order chi connectivity index (χ1) is 6.56. The second-order valence-corrected chi connectivity index (χ2v) is 3.51. The fourth-order valence-electron chi connectivity index (χ4n) is 1.35. The first-order valence-corrected chi connectivity index (χ1v) is 4.81. The summed E-state index contributed by atoms with van der Waals surface area (Å²) in [5.41, 5.74) is 7.47. The normalized spacial score (nSPS) is 15.1. The van der Waals surface area contributed by atoms with Gasteiger partial charge in [-0.25, -0.2) is 0 Å². The highest BCUT2D eigenvalue weighted by Crippen LogP contribution is 2.26. The van der Waals surface area contributed by atoms with Crippen molar-refractivity contribution < 1.29 is 10.2 Å². The monoisotopic (exact) mass is 195 g/mol. The van der Waals surface area contributed by atoms with Gasteiger partial charge in [0.25, 0.3) is 0 Å². The van der Waals surface area contributed by atoms with E-state index < -0.39 is 12.1 Å². The maximum Gasteiger partial charge on any atom is 0.120 e. The lowest BCUT2D eigenvalue weighted by atomic mass is 9.99. The number of hydrogen-bond acceptors (Lipinski definition) is 3. The van der Waals surface area contributed by atoms with E-state index in [1.807, 2.05) is 19.1 Å². The molecule has 0 aromatic heterocycles. The molecule has 3 heteroatoms. The third-order valence-corrected chi connectivity index (χ3v) is 2.38. The van der Waals surface area contributed by atoms with Crippen molar-refractivity contribution in [1.82, 2.24) is 0 Å².